The Morgan fingerprint density at radius 1 is 0.898 bits per heavy atom. The van der Waals surface area contributed by atoms with E-state index in [9.17, 15) is 29.2 Å². The van der Waals surface area contributed by atoms with Crippen molar-refractivity contribution in [2.45, 2.75) is 71.6 Å². The van der Waals surface area contributed by atoms with Crippen LogP contribution in [0.5, 0.6) is 5.75 Å². The van der Waals surface area contributed by atoms with Gasteiger partial charge in [0.05, 0.1) is 34.1 Å². The molecule has 0 bridgehead atoms. The van der Waals surface area contributed by atoms with Gasteiger partial charge in [-0.2, -0.15) is 5.26 Å². The number of fused-ring (bicyclic) bond motifs is 1. The summed E-state index contributed by atoms with van der Waals surface area (Å²) < 4.78 is 6.35. The molecular formula is C43H48ClN9O6. The van der Waals surface area contributed by atoms with Crippen LogP contribution < -0.4 is 25.2 Å². The predicted molar refractivity (Wildman–Crippen MR) is 218 cm³/mol. The number of ether oxygens (including phenoxy) is 1. The van der Waals surface area contributed by atoms with Gasteiger partial charge in [-0.3, -0.25) is 39.1 Å². The fourth-order valence-electron chi connectivity index (χ4n) is 9.96. The molecule has 4 aliphatic heterocycles. The zero-order valence-corrected chi connectivity index (χ0v) is 34.4. The van der Waals surface area contributed by atoms with E-state index in [0.717, 1.165) is 75.1 Å². The molecule has 4 fully saturated rings. The zero-order chi connectivity index (χ0) is 41.8. The smallest absolute Gasteiger partial charge is 0.271 e. The number of carbonyl (C=O) groups excluding carboxylic acids is 5. The van der Waals surface area contributed by atoms with Crippen molar-refractivity contribution in [2.24, 2.45) is 16.7 Å². The van der Waals surface area contributed by atoms with Gasteiger partial charge in [0.2, 0.25) is 11.8 Å². The normalized spacial score (nSPS) is 24.3. The molecule has 2 N–H and O–H groups in total. The molecule has 5 amide bonds. The molecule has 0 radical (unpaired) electrons. The van der Waals surface area contributed by atoms with Gasteiger partial charge in [0, 0.05) is 80.9 Å². The van der Waals surface area contributed by atoms with Gasteiger partial charge in [-0.25, -0.2) is 9.97 Å². The summed E-state index contributed by atoms with van der Waals surface area (Å²) in [5.74, 6) is -0.430. The maximum absolute atomic E-state index is 13.4. The van der Waals surface area contributed by atoms with Crippen molar-refractivity contribution in [3.05, 3.63) is 76.2 Å². The maximum atomic E-state index is 13.4. The molecule has 2 aromatic carbocycles. The van der Waals surface area contributed by atoms with Crippen LogP contribution in [0.4, 0.5) is 11.5 Å². The van der Waals surface area contributed by atoms with Gasteiger partial charge in [0.15, 0.2) is 0 Å². The minimum absolute atomic E-state index is 0.0849. The second kappa shape index (κ2) is 15.5. The summed E-state index contributed by atoms with van der Waals surface area (Å²) in [6.07, 6.45) is 5.25. The number of piperazine rings is 1. The number of anilines is 2. The van der Waals surface area contributed by atoms with Crippen molar-refractivity contribution in [1.29, 1.82) is 5.26 Å². The number of carbonyl (C=O) groups is 5. The largest absolute Gasteiger partial charge is 0.489 e. The van der Waals surface area contributed by atoms with Crippen LogP contribution in [0.1, 0.15) is 90.1 Å². The first-order valence-corrected chi connectivity index (χ1v) is 20.6. The van der Waals surface area contributed by atoms with Gasteiger partial charge in [-0.05, 0) is 55.5 Å². The summed E-state index contributed by atoms with van der Waals surface area (Å²) in [6.45, 7) is 14.2. The number of hydrogen-bond acceptors (Lipinski definition) is 12. The van der Waals surface area contributed by atoms with Crippen molar-refractivity contribution in [1.82, 2.24) is 30.4 Å². The molecule has 16 heteroatoms. The van der Waals surface area contributed by atoms with Gasteiger partial charge in [0.25, 0.3) is 17.7 Å². The van der Waals surface area contributed by atoms with Crippen LogP contribution in [-0.4, -0.2) is 113 Å². The van der Waals surface area contributed by atoms with E-state index < -0.39 is 40.5 Å². The van der Waals surface area contributed by atoms with E-state index in [1.807, 2.05) is 6.07 Å². The fourth-order valence-corrected chi connectivity index (χ4v) is 10.2. The molecular weight excluding hydrogens is 774 g/mol. The van der Waals surface area contributed by atoms with E-state index in [0.29, 0.717) is 27.8 Å². The van der Waals surface area contributed by atoms with Crippen LogP contribution in [0.15, 0.2) is 48.8 Å². The number of aromatic nitrogens is 2. The summed E-state index contributed by atoms with van der Waals surface area (Å²) in [6, 6.07) is 11.2. The lowest BCUT2D eigenvalue weighted by Crippen LogP contribution is -2.74. The van der Waals surface area contributed by atoms with E-state index in [4.69, 9.17) is 16.3 Å². The Kier molecular flexibility index (Phi) is 10.6. The first-order chi connectivity index (χ1) is 28.1. The molecule has 15 nitrogen and oxygen atoms in total. The first kappa shape index (κ1) is 40.2. The molecule has 3 saturated heterocycles. The highest BCUT2D eigenvalue weighted by atomic mass is 35.5. The fraction of sp³-hybridized carbons (Fsp3) is 0.488. The number of nitrogens with zero attached hydrogens (tertiary/aromatic N) is 7. The highest BCUT2D eigenvalue weighted by Crippen LogP contribution is 2.55. The monoisotopic (exact) mass is 821 g/mol. The second-order valence-corrected chi connectivity index (χ2v) is 17.9. The third-order valence-corrected chi connectivity index (χ3v) is 13.2. The predicted octanol–water partition coefficient (Wildman–Crippen LogP) is 4.05. The summed E-state index contributed by atoms with van der Waals surface area (Å²) in [7, 11) is 0. The Morgan fingerprint density at radius 3 is 2.25 bits per heavy atom. The third-order valence-electron chi connectivity index (χ3n) is 12.9. The molecule has 5 aliphatic rings. The van der Waals surface area contributed by atoms with Crippen LogP contribution in [0.25, 0.3) is 0 Å². The van der Waals surface area contributed by atoms with Crippen molar-refractivity contribution >= 4 is 52.6 Å². The lowest BCUT2D eigenvalue weighted by Gasteiger charge is -2.63. The van der Waals surface area contributed by atoms with Gasteiger partial charge in [-0.1, -0.05) is 39.3 Å². The van der Waals surface area contributed by atoms with Crippen molar-refractivity contribution < 1.29 is 28.7 Å². The number of rotatable bonds is 9. The molecule has 308 valence electrons. The zero-order valence-electron chi connectivity index (χ0n) is 33.7. The van der Waals surface area contributed by atoms with Crippen LogP contribution in [-0.2, 0) is 9.59 Å². The molecule has 8 rings (SSSR count). The van der Waals surface area contributed by atoms with Crippen LogP contribution in [0.2, 0.25) is 5.02 Å². The summed E-state index contributed by atoms with van der Waals surface area (Å²) in [4.78, 5) is 81.0. The van der Waals surface area contributed by atoms with Gasteiger partial charge in [0.1, 0.15) is 35.5 Å². The Hall–Kier alpha value is -5.59. The number of hydrogen-bond donors (Lipinski definition) is 2. The van der Waals surface area contributed by atoms with Gasteiger partial charge in [-0.15, -0.1) is 0 Å². The Morgan fingerprint density at radius 2 is 1.61 bits per heavy atom. The SMILES string of the molecule is CC1(C)C(NC(=O)c2cnc(N3CCC(CN4CCN(c5ccc6c(c5)C(=O)N(C5CCC(=O)NC5=O)C6=O)CC4)CC3)cn2)C(C)(C)C1Oc1ccc(C#N)c(Cl)c1. The first-order valence-electron chi connectivity index (χ1n) is 20.2. The molecule has 59 heavy (non-hydrogen) atoms. The van der Waals surface area contributed by atoms with Crippen molar-refractivity contribution in [2.75, 3.05) is 55.6 Å². The number of nitrogens with one attached hydrogen (secondary N) is 2. The van der Waals surface area contributed by atoms with Gasteiger partial charge < -0.3 is 19.9 Å². The minimum Gasteiger partial charge on any atom is -0.489 e. The summed E-state index contributed by atoms with van der Waals surface area (Å²) in [5, 5.41) is 15.0. The highest BCUT2D eigenvalue weighted by molar-refractivity contribution is 6.31. The highest BCUT2D eigenvalue weighted by Gasteiger charge is 2.64. The number of halogens is 1. The molecule has 0 spiro atoms. The third kappa shape index (κ3) is 7.48. The van der Waals surface area contributed by atoms with Gasteiger partial charge >= 0.3 is 0 Å². The van der Waals surface area contributed by atoms with Crippen LogP contribution in [0, 0.1) is 28.1 Å². The van der Waals surface area contributed by atoms with E-state index >= 15 is 0 Å². The number of nitriles is 1. The minimum atomic E-state index is -0.981. The van der Waals surface area contributed by atoms with Crippen LogP contribution in [0.3, 0.4) is 0 Å². The lowest BCUT2D eigenvalue weighted by atomic mass is 9.49. The number of imide groups is 2. The number of amides is 5. The average molecular weight is 822 g/mol. The Bertz CT molecular complexity index is 2230. The van der Waals surface area contributed by atoms with Crippen molar-refractivity contribution in [3.8, 4) is 11.8 Å². The molecule has 1 unspecified atom stereocenters. The van der Waals surface area contributed by atoms with Crippen LogP contribution >= 0.6 is 11.6 Å². The Balaban J connectivity index is 0.789. The molecule has 1 saturated carbocycles. The number of piperidine rings is 2. The maximum Gasteiger partial charge on any atom is 0.271 e. The molecule has 5 heterocycles. The molecule has 3 aromatic rings. The topological polar surface area (TPSA) is 181 Å². The second-order valence-electron chi connectivity index (χ2n) is 17.5. The summed E-state index contributed by atoms with van der Waals surface area (Å²) in [5.41, 5.74) is 1.29. The summed E-state index contributed by atoms with van der Waals surface area (Å²) >= 11 is 6.24. The standard InChI is InChI=1S/C43H48ClN9O6/c1-42(2)40(43(3,4)41(42)59-28-7-5-26(21-45)31(44)20-28)49-36(55)32-22-47-34(23-46-32)52-13-11-25(12-14-52)24-50-15-17-51(18-16-50)27-6-8-29-30(19-27)39(58)53(38(29)57)33-9-10-35(54)48-37(33)56/h5-8,19-20,22-23,25,33,40-41H,9-18,24H2,1-4H3,(H,49,55)(H,48,54,56). The van der Waals surface area contributed by atoms with E-state index in [-0.39, 0.29) is 42.2 Å². The van der Waals surface area contributed by atoms with Crippen molar-refractivity contribution in [3.63, 3.8) is 0 Å². The lowest BCUT2D eigenvalue weighted by molar-refractivity contribution is -0.164. The van der Waals surface area contributed by atoms with E-state index in [1.165, 1.54) is 0 Å². The Labute approximate surface area is 348 Å². The quantitative estimate of drug-likeness (QED) is 0.296. The average Bonchev–Trinajstić information content (AvgIpc) is 3.47. The number of benzene rings is 2. The van der Waals surface area contributed by atoms with E-state index in [1.54, 1.807) is 42.7 Å². The van der Waals surface area contributed by atoms with E-state index in [2.05, 4.69) is 69.1 Å². The molecule has 1 aliphatic carbocycles. The molecule has 1 aromatic heterocycles. The molecule has 1 atom stereocenters.